The molecule has 3 rings (SSSR count). The topological polar surface area (TPSA) is 81.6 Å². The van der Waals surface area contributed by atoms with Crippen molar-refractivity contribution < 1.29 is 17.9 Å². The quantitative estimate of drug-likeness (QED) is 0.607. The molecule has 0 bridgehead atoms. The zero-order valence-electron chi connectivity index (χ0n) is 15.9. The number of aryl methyl sites for hydroxylation is 1. The number of nitrogens with zero attached hydrogens (tertiary/aromatic N) is 3. The zero-order valence-corrected chi connectivity index (χ0v) is 16.7. The maximum absolute atomic E-state index is 13.4. The highest BCUT2D eigenvalue weighted by Gasteiger charge is 2.28. The highest BCUT2D eigenvalue weighted by molar-refractivity contribution is 7.92. The normalized spacial score (nSPS) is 11.1. The summed E-state index contributed by atoms with van der Waals surface area (Å²) in [5, 5.41) is 0. The summed E-state index contributed by atoms with van der Waals surface area (Å²) in [6, 6.07) is 13.5. The third-order valence-corrected chi connectivity index (χ3v) is 5.93. The van der Waals surface area contributed by atoms with Crippen LogP contribution in [-0.4, -0.2) is 32.6 Å². The number of benzene rings is 2. The number of methoxy groups -OCH3 is 2. The summed E-state index contributed by atoms with van der Waals surface area (Å²) in [4.78, 5) is 8.45. The average molecular weight is 399 g/mol. The van der Waals surface area contributed by atoms with Gasteiger partial charge in [-0.25, -0.2) is 22.7 Å². The fourth-order valence-corrected chi connectivity index (χ4v) is 4.01. The van der Waals surface area contributed by atoms with Crippen molar-refractivity contribution in [3.63, 3.8) is 0 Å². The van der Waals surface area contributed by atoms with Gasteiger partial charge in [0.2, 0.25) is 5.95 Å². The first-order valence-corrected chi connectivity index (χ1v) is 9.97. The van der Waals surface area contributed by atoms with E-state index in [1.165, 1.54) is 23.8 Å². The lowest BCUT2D eigenvalue weighted by Crippen LogP contribution is -2.32. The maximum atomic E-state index is 13.4. The second-order valence-corrected chi connectivity index (χ2v) is 7.91. The molecule has 2 aromatic carbocycles. The molecule has 0 aliphatic heterocycles. The zero-order chi connectivity index (χ0) is 20.1. The first kappa shape index (κ1) is 19.6. The molecule has 0 spiro atoms. The molecule has 0 radical (unpaired) electrons. The summed E-state index contributed by atoms with van der Waals surface area (Å²) < 4.78 is 38.5. The van der Waals surface area contributed by atoms with Crippen molar-refractivity contribution in [2.45, 2.75) is 18.4 Å². The highest BCUT2D eigenvalue weighted by atomic mass is 32.2. The van der Waals surface area contributed by atoms with Crippen LogP contribution in [0.1, 0.15) is 11.1 Å². The minimum Gasteiger partial charge on any atom is -0.497 e. The Morgan fingerprint density at radius 2 is 1.64 bits per heavy atom. The largest absolute Gasteiger partial charge is 0.497 e. The van der Waals surface area contributed by atoms with E-state index in [9.17, 15) is 8.42 Å². The lowest BCUT2D eigenvalue weighted by atomic mass is 10.2. The minimum absolute atomic E-state index is 0.00733. The second kappa shape index (κ2) is 8.26. The Balaban J connectivity index is 2.07. The monoisotopic (exact) mass is 399 g/mol. The first-order chi connectivity index (χ1) is 13.5. The van der Waals surface area contributed by atoms with Gasteiger partial charge in [0.15, 0.2) is 0 Å². The van der Waals surface area contributed by atoms with Gasteiger partial charge in [0.1, 0.15) is 11.5 Å². The molecule has 1 heterocycles. The van der Waals surface area contributed by atoms with Crippen LogP contribution in [0.4, 0.5) is 5.95 Å². The van der Waals surface area contributed by atoms with Crippen LogP contribution in [0.2, 0.25) is 0 Å². The lowest BCUT2D eigenvalue weighted by molar-refractivity contribution is 0.391. The molecule has 0 amide bonds. The Kier molecular flexibility index (Phi) is 5.79. The van der Waals surface area contributed by atoms with Crippen molar-refractivity contribution in [3.05, 3.63) is 72.1 Å². The van der Waals surface area contributed by atoms with Crippen LogP contribution in [0.5, 0.6) is 11.5 Å². The van der Waals surface area contributed by atoms with Gasteiger partial charge in [0.25, 0.3) is 10.0 Å². The Hall–Kier alpha value is -3.13. The van der Waals surface area contributed by atoms with Crippen molar-refractivity contribution in [3.8, 4) is 11.5 Å². The van der Waals surface area contributed by atoms with Gasteiger partial charge in [0, 0.05) is 24.0 Å². The van der Waals surface area contributed by atoms with Gasteiger partial charge < -0.3 is 9.47 Å². The van der Waals surface area contributed by atoms with E-state index in [1.807, 2.05) is 6.92 Å². The van der Waals surface area contributed by atoms with Gasteiger partial charge in [-0.05, 0) is 37.3 Å². The standard InChI is InChI=1S/C20H21N3O4S/c1-15-5-9-18(10-6-15)28(24,25)23(20-21-11-4-12-22-20)14-16-7-8-17(26-2)13-19(16)27-3/h4-13H,14H2,1-3H3. The van der Waals surface area contributed by atoms with Crippen molar-refractivity contribution >= 4 is 16.0 Å². The molecule has 0 saturated carbocycles. The van der Waals surface area contributed by atoms with E-state index in [2.05, 4.69) is 9.97 Å². The van der Waals surface area contributed by atoms with Crippen LogP contribution in [-0.2, 0) is 16.6 Å². The first-order valence-electron chi connectivity index (χ1n) is 8.53. The molecule has 0 saturated heterocycles. The van der Waals surface area contributed by atoms with Crippen LogP contribution in [0.15, 0.2) is 65.8 Å². The lowest BCUT2D eigenvalue weighted by Gasteiger charge is -2.23. The van der Waals surface area contributed by atoms with Crippen LogP contribution < -0.4 is 13.8 Å². The molecule has 0 fully saturated rings. The molecular weight excluding hydrogens is 378 g/mol. The molecule has 0 atom stereocenters. The smallest absolute Gasteiger partial charge is 0.266 e. The van der Waals surface area contributed by atoms with Gasteiger partial charge in [-0.2, -0.15) is 0 Å². The van der Waals surface area contributed by atoms with E-state index in [-0.39, 0.29) is 17.4 Å². The third-order valence-electron chi connectivity index (χ3n) is 4.19. The molecule has 28 heavy (non-hydrogen) atoms. The molecule has 3 aromatic rings. The molecule has 1 aromatic heterocycles. The summed E-state index contributed by atoms with van der Waals surface area (Å²) >= 11 is 0. The molecule has 7 nitrogen and oxygen atoms in total. The Morgan fingerprint density at radius 3 is 2.25 bits per heavy atom. The van der Waals surface area contributed by atoms with Crippen molar-refractivity contribution in [1.82, 2.24) is 9.97 Å². The van der Waals surface area contributed by atoms with E-state index in [1.54, 1.807) is 55.6 Å². The fraction of sp³-hybridized carbons (Fsp3) is 0.200. The summed E-state index contributed by atoms with van der Waals surface area (Å²) in [5.41, 5.74) is 1.63. The summed E-state index contributed by atoms with van der Waals surface area (Å²) in [6.07, 6.45) is 3.01. The Bertz CT molecular complexity index is 1040. The molecular formula is C20H21N3O4S. The predicted octanol–water partition coefficient (Wildman–Crippen LogP) is 3.20. The van der Waals surface area contributed by atoms with Crippen LogP contribution in [0.3, 0.4) is 0 Å². The molecule has 146 valence electrons. The van der Waals surface area contributed by atoms with E-state index < -0.39 is 10.0 Å². The highest BCUT2D eigenvalue weighted by Crippen LogP contribution is 2.29. The van der Waals surface area contributed by atoms with Crippen molar-refractivity contribution in [2.24, 2.45) is 0 Å². The number of aromatic nitrogens is 2. The van der Waals surface area contributed by atoms with E-state index >= 15 is 0 Å². The van der Waals surface area contributed by atoms with E-state index in [0.29, 0.717) is 17.1 Å². The number of sulfonamides is 1. The molecule has 8 heteroatoms. The van der Waals surface area contributed by atoms with Gasteiger partial charge in [-0.1, -0.05) is 17.7 Å². The van der Waals surface area contributed by atoms with Gasteiger partial charge >= 0.3 is 0 Å². The number of ether oxygens (including phenoxy) is 2. The molecule has 0 unspecified atom stereocenters. The molecule has 0 N–H and O–H groups in total. The van der Waals surface area contributed by atoms with Gasteiger partial charge in [-0.15, -0.1) is 0 Å². The van der Waals surface area contributed by atoms with Crippen LogP contribution in [0, 0.1) is 6.92 Å². The third kappa shape index (κ3) is 4.07. The van der Waals surface area contributed by atoms with Crippen LogP contribution in [0.25, 0.3) is 0 Å². The number of rotatable bonds is 7. The van der Waals surface area contributed by atoms with E-state index in [0.717, 1.165) is 5.56 Å². The number of hydrogen-bond acceptors (Lipinski definition) is 6. The maximum Gasteiger partial charge on any atom is 0.266 e. The SMILES string of the molecule is COc1ccc(CN(c2ncccn2)S(=O)(=O)c2ccc(C)cc2)c(OC)c1. The van der Waals surface area contributed by atoms with Crippen molar-refractivity contribution in [2.75, 3.05) is 18.5 Å². The fourth-order valence-electron chi connectivity index (χ4n) is 2.66. The predicted molar refractivity (Wildman–Crippen MR) is 106 cm³/mol. The molecule has 0 aliphatic carbocycles. The van der Waals surface area contributed by atoms with Crippen molar-refractivity contribution in [1.29, 1.82) is 0 Å². The average Bonchev–Trinajstić information content (AvgIpc) is 2.72. The Morgan fingerprint density at radius 1 is 0.964 bits per heavy atom. The molecule has 0 aliphatic rings. The van der Waals surface area contributed by atoms with Gasteiger partial charge in [0.05, 0.1) is 25.7 Å². The number of anilines is 1. The summed E-state index contributed by atoms with van der Waals surface area (Å²) in [6.45, 7) is 1.91. The summed E-state index contributed by atoms with van der Waals surface area (Å²) in [7, 11) is -0.808. The van der Waals surface area contributed by atoms with Crippen LogP contribution >= 0.6 is 0 Å². The minimum atomic E-state index is -3.89. The van der Waals surface area contributed by atoms with E-state index in [4.69, 9.17) is 9.47 Å². The Labute approximate surface area is 164 Å². The van der Waals surface area contributed by atoms with Gasteiger partial charge in [-0.3, -0.25) is 0 Å². The summed E-state index contributed by atoms with van der Waals surface area (Å²) in [5.74, 6) is 1.21. The second-order valence-electron chi connectivity index (χ2n) is 6.05. The number of hydrogen-bond donors (Lipinski definition) is 0.